The molecule has 1 aliphatic carbocycles. The van der Waals surface area contributed by atoms with E-state index in [4.69, 9.17) is 9.47 Å². The minimum Gasteiger partial charge on any atom is -0.379 e. The molecule has 13 nitrogen and oxygen atoms in total. The minimum absolute atomic E-state index is 0.0349. The van der Waals surface area contributed by atoms with Crippen molar-refractivity contribution in [2.45, 2.75) is 115 Å². The number of amidine groups is 1. The highest BCUT2D eigenvalue weighted by Gasteiger charge is 2.44. The van der Waals surface area contributed by atoms with Gasteiger partial charge in [0.2, 0.25) is 23.6 Å². The quantitative estimate of drug-likeness (QED) is 0.159. The van der Waals surface area contributed by atoms with E-state index in [1.165, 1.54) is 0 Å². The second-order valence-corrected chi connectivity index (χ2v) is 13.4. The molecular formula is C34H59N7O6. The van der Waals surface area contributed by atoms with Gasteiger partial charge in [0.25, 0.3) is 0 Å². The zero-order valence-corrected chi connectivity index (χ0v) is 29.8. The van der Waals surface area contributed by atoms with E-state index in [9.17, 15) is 19.2 Å². The Balaban J connectivity index is 1.64. The standard InChI is InChI=1S/C34H59N7O6/c1-9-15-36-27(35-5)19-37-33(44)22(4)32(47-8)25-12-11-16-41(25)28(42)18-26(46-7)31(21(3)10-2)40(6)29(43)20-38-34(45)30-23-13-14-24(17-23)39-30/h15,21-26,30-32,39H,9-14,16-20H2,1-8H3,(H,37,44)(H,38,45). The van der Waals surface area contributed by atoms with Gasteiger partial charge in [-0.25, -0.2) is 4.99 Å². The maximum absolute atomic E-state index is 13.9. The van der Waals surface area contributed by atoms with Gasteiger partial charge in [-0.15, -0.1) is 0 Å². The van der Waals surface area contributed by atoms with Gasteiger partial charge < -0.3 is 35.2 Å². The Labute approximate surface area is 281 Å². The zero-order valence-electron chi connectivity index (χ0n) is 29.8. The van der Waals surface area contributed by atoms with Crippen LogP contribution < -0.4 is 16.0 Å². The van der Waals surface area contributed by atoms with E-state index in [0.29, 0.717) is 30.8 Å². The molecule has 3 rings (SSSR count). The van der Waals surface area contributed by atoms with Crippen molar-refractivity contribution >= 4 is 35.7 Å². The number of amides is 4. The van der Waals surface area contributed by atoms with E-state index < -0.39 is 18.1 Å². The molecule has 2 saturated heterocycles. The number of carbonyl (C=O) groups excluding carboxylic acids is 4. The summed E-state index contributed by atoms with van der Waals surface area (Å²) < 4.78 is 11.8. The van der Waals surface area contributed by atoms with E-state index in [1.54, 1.807) is 39.4 Å². The largest absolute Gasteiger partial charge is 0.379 e. The van der Waals surface area contributed by atoms with Gasteiger partial charge in [0.05, 0.1) is 55.8 Å². The summed E-state index contributed by atoms with van der Waals surface area (Å²) in [6.07, 6.45) is 6.98. The molecule has 2 heterocycles. The number of piperidine rings is 1. The number of hydrogen-bond acceptors (Lipinski definition) is 8. The average Bonchev–Trinajstić information content (AvgIpc) is 3.85. The van der Waals surface area contributed by atoms with Crippen molar-refractivity contribution in [3.8, 4) is 0 Å². The van der Waals surface area contributed by atoms with Crippen LogP contribution in [-0.2, 0) is 28.7 Å². The molecule has 0 aromatic rings. The summed E-state index contributed by atoms with van der Waals surface area (Å²) in [5.41, 5.74) is 0. The third kappa shape index (κ3) is 9.82. The molecule has 0 aromatic carbocycles. The first kappa shape index (κ1) is 38.5. The first-order chi connectivity index (χ1) is 22.5. The van der Waals surface area contributed by atoms with Crippen molar-refractivity contribution in [2.24, 2.45) is 27.7 Å². The van der Waals surface area contributed by atoms with E-state index in [-0.39, 0.29) is 67.2 Å². The van der Waals surface area contributed by atoms with Crippen LogP contribution in [0.4, 0.5) is 0 Å². The topological polar surface area (TPSA) is 154 Å². The number of nitrogens with zero attached hydrogens (tertiary/aromatic N) is 4. The summed E-state index contributed by atoms with van der Waals surface area (Å²) in [6, 6.07) is -0.493. The highest BCUT2D eigenvalue weighted by atomic mass is 16.5. The third-order valence-electron chi connectivity index (χ3n) is 10.5. The van der Waals surface area contributed by atoms with E-state index in [1.807, 2.05) is 32.6 Å². The number of fused-ring (bicyclic) bond motifs is 2. The lowest BCUT2D eigenvalue weighted by Crippen LogP contribution is -2.55. The molecule has 4 amide bonds. The van der Waals surface area contributed by atoms with Gasteiger partial charge in [0, 0.05) is 47.1 Å². The van der Waals surface area contributed by atoms with Crippen LogP contribution in [0.15, 0.2) is 9.98 Å². The predicted octanol–water partition coefficient (Wildman–Crippen LogP) is 1.79. The number of nitrogens with one attached hydrogen (secondary N) is 3. The van der Waals surface area contributed by atoms with Crippen LogP contribution >= 0.6 is 0 Å². The first-order valence-electron chi connectivity index (χ1n) is 17.4. The molecule has 3 fully saturated rings. The number of aliphatic imine (C=N–C) groups is 2. The molecule has 0 aromatic heterocycles. The fraction of sp³-hybridized carbons (Fsp3) is 0.824. The summed E-state index contributed by atoms with van der Waals surface area (Å²) in [5.74, 6) is -0.272. The van der Waals surface area contributed by atoms with Crippen LogP contribution in [0.5, 0.6) is 0 Å². The van der Waals surface area contributed by atoms with Crippen LogP contribution in [0.1, 0.15) is 79.1 Å². The van der Waals surface area contributed by atoms with Gasteiger partial charge in [0.15, 0.2) is 0 Å². The van der Waals surface area contributed by atoms with Crippen LogP contribution in [0, 0.1) is 17.8 Å². The van der Waals surface area contributed by atoms with Crippen molar-refractivity contribution in [3.05, 3.63) is 0 Å². The number of methoxy groups -OCH3 is 2. The number of likely N-dealkylation sites (N-methyl/N-ethyl adjacent to an activating group) is 1. The van der Waals surface area contributed by atoms with Gasteiger partial charge in [-0.1, -0.05) is 34.1 Å². The van der Waals surface area contributed by atoms with Crippen LogP contribution in [0.2, 0.25) is 0 Å². The SMILES string of the molecule is CCC=NC(CNC(=O)C(C)C(OC)C1CCCN1C(=O)CC(OC)C(C(C)CC)N(C)C(=O)CNC(=O)C1NC2CCC1C2)=NC. The molecule has 47 heavy (non-hydrogen) atoms. The summed E-state index contributed by atoms with van der Waals surface area (Å²) in [6.45, 7) is 8.54. The summed E-state index contributed by atoms with van der Waals surface area (Å²) >= 11 is 0. The molecule has 3 aliphatic rings. The molecule has 2 aliphatic heterocycles. The summed E-state index contributed by atoms with van der Waals surface area (Å²) in [7, 11) is 6.50. The van der Waals surface area contributed by atoms with Crippen molar-refractivity contribution in [2.75, 3.05) is 47.9 Å². The third-order valence-corrected chi connectivity index (χ3v) is 10.5. The summed E-state index contributed by atoms with van der Waals surface area (Å²) in [4.78, 5) is 65.2. The Kier molecular flexibility index (Phi) is 15.2. The van der Waals surface area contributed by atoms with Crippen LogP contribution in [0.3, 0.4) is 0 Å². The maximum atomic E-state index is 13.9. The maximum Gasteiger partial charge on any atom is 0.242 e. The molecule has 1 saturated carbocycles. The van der Waals surface area contributed by atoms with Gasteiger partial charge in [-0.05, 0) is 50.4 Å². The molecule has 9 atom stereocenters. The fourth-order valence-corrected chi connectivity index (χ4v) is 7.58. The van der Waals surface area contributed by atoms with Gasteiger partial charge in [-0.3, -0.25) is 24.2 Å². The highest BCUT2D eigenvalue weighted by molar-refractivity contribution is 5.93. The predicted molar refractivity (Wildman–Crippen MR) is 182 cm³/mol. The molecule has 13 heteroatoms. The Bertz CT molecular complexity index is 1130. The number of ether oxygens (including phenoxy) is 2. The van der Waals surface area contributed by atoms with E-state index >= 15 is 0 Å². The molecule has 266 valence electrons. The van der Waals surface area contributed by atoms with Crippen LogP contribution in [-0.4, -0.2) is 130 Å². The van der Waals surface area contributed by atoms with Crippen molar-refractivity contribution < 1.29 is 28.7 Å². The van der Waals surface area contributed by atoms with Gasteiger partial charge >= 0.3 is 0 Å². The smallest absolute Gasteiger partial charge is 0.242 e. The van der Waals surface area contributed by atoms with E-state index in [0.717, 1.165) is 38.5 Å². The van der Waals surface area contributed by atoms with Crippen molar-refractivity contribution in [1.82, 2.24) is 25.8 Å². The van der Waals surface area contributed by atoms with Crippen molar-refractivity contribution in [1.29, 1.82) is 0 Å². The van der Waals surface area contributed by atoms with Crippen molar-refractivity contribution in [3.63, 3.8) is 0 Å². The van der Waals surface area contributed by atoms with Gasteiger partial charge in [-0.2, -0.15) is 0 Å². The second-order valence-electron chi connectivity index (χ2n) is 13.4. The Morgan fingerprint density at radius 1 is 1.06 bits per heavy atom. The van der Waals surface area contributed by atoms with E-state index in [2.05, 4.69) is 25.9 Å². The monoisotopic (exact) mass is 661 g/mol. The Morgan fingerprint density at radius 2 is 1.81 bits per heavy atom. The lowest BCUT2D eigenvalue weighted by Gasteiger charge is -2.39. The van der Waals surface area contributed by atoms with Crippen LogP contribution in [0.25, 0.3) is 0 Å². The van der Waals surface area contributed by atoms with Gasteiger partial charge in [0.1, 0.15) is 5.84 Å². The normalized spacial score (nSPS) is 25.8. The minimum atomic E-state index is -0.562. The molecule has 0 radical (unpaired) electrons. The number of carbonyl (C=O) groups is 4. The lowest BCUT2D eigenvalue weighted by atomic mass is 9.90. The number of rotatable bonds is 17. The number of likely N-dealkylation sites (tertiary alicyclic amines) is 1. The zero-order chi connectivity index (χ0) is 34.7. The number of hydrogen-bond donors (Lipinski definition) is 3. The summed E-state index contributed by atoms with van der Waals surface area (Å²) in [5, 5.41) is 9.13. The second kappa shape index (κ2) is 18.6. The molecule has 3 N–H and O–H groups in total. The fourth-order valence-electron chi connectivity index (χ4n) is 7.58. The molecule has 0 spiro atoms. The molecule has 2 bridgehead atoms. The highest BCUT2D eigenvalue weighted by Crippen LogP contribution is 2.35. The average molecular weight is 662 g/mol. The molecule has 9 unspecified atom stereocenters. The lowest BCUT2D eigenvalue weighted by molar-refractivity contribution is -0.145. The Morgan fingerprint density at radius 3 is 2.38 bits per heavy atom. The Hall–Kier alpha value is -2.90. The first-order valence-corrected chi connectivity index (χ1v) is 17.4. The molecular weight excluding hydrogens is 602 g/mol.